The van der Waals surface area contributed by atoms with Crippen LogP contribution in [0.5, 0.6) is 0 Å². The van der Waals surface area contributed by atoms with Gasteiger partial charge in [-0.05, 0) is 30.9 Å². The maximum absolute atomic E-state index is 5.52. The molecule has 0 aromatic carbocycles. The Morgan fingerprint density at radius 1 is 1.25 bits per heavy atom. The minimum absolute atomic E-state index is 0.481. The fourth-order valence-corrected chi connectivity index (χ4v) is 2.39. The van der Waals surface area contributed by atoms with Gasteiger partial charge >= 0.3 is 0 Å². The van der Waals surface area contributed by atoms with Crippen molar-refractivity contribution in [3.63, 3.8) is 0 Å². The van der Waals surface area contributed by atoms with Gasteiger partial charge in [0.1, 0.15) is 5.82 Å². The topological polar surface area (TPSA) is 55.0 Å². The molecule has 1 aliphatic carbocycles. The summed E-state index contributed by atoms with van der Waals surface area (Å²) >= 11 is 0. The van der Waals surface area contributed by atoms with Crippen molar-refractivity contribution < 1.29 is 0 Å². The quantitative estimate of drug-likeness (QED) is 0.847. The number of anilines is 2. The second-order valence-electron chi connectivity index (χ2n) is 4.70. The van der Waals surface area contributed by atoms with Crippen molar-refractivity contribution in [1.82, 2.24) is 10.2 Å². The average Bonchev–Trinajstić information content (AvgIpc) is 2.31. The van der Waals surface area contributed by atoms with Gasteiger partial charge < -0.3 is 10.6 Å². The Morgan fingerprint density at radius 3 is 2.62 bits per heavy atom. The molecule has 4 nitrogen and oxygen atoms in total. The number of nitrogens with zero attached hydrogens (tertiary/aromatic N) is 3. The van der Waals surface area contributed by atoms with Crippen LogP contribution in [0.4, 0.5) is 11.6 Å². The molecule has 2 rings (SSSR count). The second kappa shape index (κ2) is 5.14. The zero-order valence-electron chi connectivity index (χ0n) is 9.89. The summed E-state index contributed by atoms with van der Waals surface area (Å²) in [6.07, 6.45) is 6.87. The lowest BCUT2D eigenvalue weighted by Gasteiger charge is -2.27. The Hall–Kier alpha value is -1.32. The molecule has 88 valence electrons. The van der Waals surface area contributed by atoms with Gasteiger partial charge in [-0.1, -0.05) is 19.3 Å². The van der Waals surface area contributed by atoms with Gasteiger partial charge in [0.05, 0.1) is 0 Å². The highest BCUT2D eigenvalue weighted by Crippen LogP contribution is 2.25. The van der Waals surface area contributed by atoms with E-state index in [4.69, 9.17) is 5.73 Å². The number of nitrogen functional groups attached to an aromatic ring is 1. The van der Waals surface area contributed by atoms with Crippen LogP contribution in [0, 0.1) is 5.92 Å². The zero-order chi connectivity index (χ0) is 11.4. The van der Waals surface area contributed by atoms with Crippen LogP contribution in [0.1, 0.15) is 32.1 Å². The highest BCUT2D eigenvalue weighted by atomic mass is 15.3. The van der Waals surface area contributed by atoms with Gasteiger partial charge in [-0.15, -0.1) is 10.2 Å². The molecule has 1 fully saturated rings. The van der Waals surface area contributed by atoms with Crippen LogP contribution >= 0.6 is 0 Å². The van der Waals surface area contributed by atoms with Crippen LogP contribution in [0.2, 0.25) is 0 Å². The van der Waals surface area contributed by atoms with Crippen LogP contribution < -0.4 is 10.6 Å². The van der Waals surface area contributed by atoms with E-state index in [1.165, 1.54) is 32.1 Å². The number of nitrogens with two attached hydrogens (primary N) is 1. The smallest absolute Gasteiger partial charge is 0.151 e. The van der Waals surface area contributed by atoms with E-state index in [0.29, 0.717) is 5.82 Å². The predicted octanol–water partition coefficient (Wildman–Crippen LogP) is 2.08. The Balaban J connectivity index is 1.91. The summed E-state index contributed by atoms with van der Waals surface area (Å²) < 4.78 is 0. The lowest BCUT2D eigenvalue weighted by molar-refractivity contribution is 0.361. The fraction of sp³-hybridized carbons (Fsp3) is 0.667. The minimum Gasteiger partial charge on any atom is -0.382 e. The van der Waals surface area contributed by atoms with Crippen molar-refractivity contribution in [3.8, 4) is 0 Å². The van der Waals surface area contributed by atoms with Crippen molar-refractivity contribution in [2.45, 2.75) is 32.1 Å². The third kappa shape index (κ3) is 2.84. The molecule has 0 unspecified atom stereocenters. The van der Waals surface area contributed by atoms with Crippen LogP contribution in [0.3, 0.4) is 0 Å². The van der Waals surface area contributed by atoms with Gasteiger partial charge in [0.15, 0.2) is 5.82 Å². The van der Waals surface area contributed by atoms with Gasteiger partial charge in [0, 0.05) is 13.6 Å². The van der Waals surface area contributed by atoms with Gasteiger partial charge in [0.25, 0.3) is 0 Å². The second-order valence-corrected chi connectivity index (χ2v) is 4.70. The first-order valence-corrected chi connectivity index (χ1v) is 6.06. The van der Waals surface area contributed by atoms with Crippen molar-refractivity contribution in [2.24, 2.45) is 5.92 Å². The number of rotatable bonds is 3. The van der Waals surface area contributed by atoms with Gasteiger partial charge in [-0.25, -0.2) is 0 Å². The number of hydrogen-bond donors (Lipinski definition) is 1. The van der Waals surface area contributed by atoms with Gasteiger partial charge in [-0.2, -0.15) is 0 Å². The Morgan fingerprint density at radius 2 is 2.00 bits per heavy atom. The molecular weight excluding hydrogens is 200 g/mol. The van der Waals surface area contributed by atoms with E-state index < -0.39 is 0 Å². The first kappa shape index (κ1) is 11.2. The van der Waals surface area contributed by atoms with Crippen molar-refractivity contribution >= 4 is 11.6 Å². The summed E-state index contributed by atoms with van der Waals surface area (Å²) in [5.74, 6) is 2.22. The first-order valence-electron chi connectivity index (χ1n) is 6.06. The van der Waals surface area contributed by atoms with Gasteiger partial charge in [0.2, 0.25) is 0 Å². The highest BCUT2D eigenvalue weighted by Gasteiger charge is 2.16. The van der Waals surface area contributed by atoms with E-state index in [1.807, 2.05) is 6.07 Å². The minimum atomic E-state index is 0.481. The predicted molar refractivity (Wildman–Crippen MR) is 66.3 cm³/mol. The van der Waals surface area contributed by atoms with E-state index in [2.05, 4.69) is 22.1 Å². The SMILES string of the molecule is CN(CC1CCCCC1)c1ccc(N)nn1. The molecular formula is C12H20N4. The van der Waals surface area contributed by atoms with Crippen LogP contribution in [0.15, 0.2) is 12.1 Å². The lowest BCUT2D eigenvalue weighted by atomic mass is 9.89. The maximum atomic E-state index is 5.52. The largest absolute Gasteiger partial charge is 0.382 e. The monoisotopic (exact) mass is 220 g/mol. The van der Waals surface area contributed by atoms with Crippen LogP contribution in [0.25, 0.3) is 0 Å². The van der Waals surface area contributed by atoms with Crippen molar-refractivity contribution in [1.29, 1.82) is 0 Å². The number of hydrogen-bond acceptors (Lipinski definition) is 4. The van der Waals surface area contributed by atoms with E-state index in [0.717, 1.165) is 18.3 Å². The molecule has 0 aliphatic heterocycles. The summed E-state index contributed by atoms with van der Waals surface area (Å²) in [5.41, 5.74) is 5.52. The molecule has 2 N–H and O–H groups in total. The third-order valence-electron chi connectivity index (χ3n) is 3.32. The van der Waals surface area contributed by atoms with E-state index in [-0.39, 0.29) is 0 Å². The third-order valence-corrected chi connectivity index (χ3v) is 3.32. The Labute approximate surface area is 96.9 Å². The zero-order valence-corrected chi connectivity index (χ0v) is 9.89. The van der Waals surface area contributed by atoms with Crippen molar-refractivity contribution in [3.05, 3.63) is 12.1 Å². The molecule has 0 atom stereocenters. The summed E-state index contributed by atoms with van der Waals surface area (Å²) in [7, 11) is 2.08. The van der Waals surface area contributed by atoms with E-state index >= 15 is 0 Å². The molecule has 0 bridgehead atoms. The Kier molecular flexibility index (Phi) is 3.59. The van der Waals surface area contributed by atoms with E-state index in [9.17, 15) is 0 Å². The fourth-order valence-electron chi connectivity index (χ4n) is 2.39. The summed E-state index contributed by atoms with van der Waals surface area (Å²) in [5, 5.41) is 7.97. The summed E-state index contributed by atoms with van der Waals surface area (Å²) in [6, 6.07) is 3.74. The van der Waals surface area contributed by atoms with Gasteiger partial charge in [-0.3, -0.25) is 0 Å². The molecule has 1 aromatic rings. The van der Waals surface area contributed by atoms with Crippen molar-refractivity contribution in [2.75, 3.05) is 24.2 Å². The normalized spacial score (nSPS) is 17.3. The molecule has 16 heavy (non-hydrogen) atoms. The molecule has 1 aromatic heterocycles. The molecule has 0 saturated heterocycles. The van der Waals surface area contributed by atoms with Crippen LogP contribution in [-0.2, 0) is 0 Å². The van der Waals surface area contributed by atoms with E-state index in [1.54, 1.807) is 6.07 Å². The molecule has 4 heteroatoms. The molecule has 1 heterocycles. The molecule has 1 aliphatic rings. The summed E-state index contributed by atoms with van der Waals surface area (Å²) in [6.45, 7) is 1.08. The molecule has 0 radical (unpaired) electrons. The molecule has 0 amide bonds. The number of aromatic nitrogens is 2. The molecule has 1 saturated carbocycles. The maximum Gasteiger partial charge on any atom is 0.151 e. The average molecular weight is 220 g/mol. The molecule has 0 spiro atoms. The standard InChI is InChI=1S/C12H20N4/c1-16(9-10-5-3-2-4-6-10)12-8-7-11(13)14-15-12/h7-8,10H,2-6,9H2,1H3,(H2,13,14). The highest BCUT2D eigenvalue weighted by molar-refractivity contribution is 5.40. The lowest BCUT2D eigenvalue weighted by Crippen LogP contribution is -2.27. The summed E-state index contributed by atoms with van der Waals surface area (Å²) in [4.78, 5) is 2.18. The first-order chi connectivity index (χ1) is 7.75. The Bertz CT molecular complexity index is 316. The van der Waals surface area contributed by atoms with Crippen LogP contribution in [-0.4, -0.2) is 23.8 Å².